The summed E-state index contributed by atoms with van der Waals surface area (Å²) in [5.74, 6) is 2.20. The van der Waals surface area contributed by atoms with E-state index >= 15 is 0 Å². The van der Waals surface area contributed by atoms with Gasteiger partial charge in [0.2, 0.25) is 0 Å². The lowest BCUT2D eigenvalue weighted by molar-refractivity contribution is 0.415. The normalized spacial score (nSPS) is 11.2. The summed E-state index contributed by atoms with van der Waals surface area (Å²) >= 11 is 6.06. The minimum absolute atomic E-state index is 0.152. The summed E-state index contributed by atoms with van der Waals surface area (Å²) in [7, 11) is 1.64. The Bertz CT molecular complexity index is 591. The Morgan fingerprint density at radius 3 is 2.30 bits per heavy atom. The molecule has 2 rings (SSSR count). The fraction of sp³-hybridized carbons (Fsp3) is 0.333. The van der Waals surface area contributed by atoms with E-state index in [1.165, 1.54) is 0 Å². The maximum atomic E-state index is 6.06. The Hall–Kier alpha value is -1.81. The maximum Gasteiger partial charge on any atom is 0.137 e. The van der Waals surface area contributed by atoms with Gasteiger partial charge in [0.1, 0.15) is 22.5 Å². The van der Waals surface area contributed by atoms with Crippen molar-refractivity contribution in [1.29, 1.82) is 0 Å². The van der Waals surface area contributed by atoms with Crippen molar-refractivity contribution in [3.63, 3.8) is 0 Å². The highest BCUT2D eigenvalue weighted by Crippen LogP contribution is 2.24. The summed E-state index contributed by atoms with van der Waals surface area (Å²) < 4.78 is 5.13. The number of benzene rings is 1. The van der Waals surface area contributed by atoms with E-state index in [0.29, 0.717) is 16.8 Å². The molecule has 106 valence electrons. The van der Waals surface area contributed by atoms with Crippen molar-refractivity contribution in [3.05, 3.63) is 41.3 Å². The number of nitrogens with one attached hydrogen (secondary N) is 1. The average molecular weight is 292 g/mol. The molecule has 0 bridgehead atoms. The standard InChI is InChI=1S/C15H18ClN3O/c1-15(2,3)14-18-12(16)9-13(19-14)17-10-5-7-11(20-4)8-6-10/h5-9H,1-4H3,(H,17,18,19). The van der Waals surface area contributed by atoms with Crippen LogP contribution < -0.4 is 10.1 Å². The first kappa shape index (κ1) is 14.6. The number of methoxy groups -OCH3 is 1. The van der Waals surface area contributed by atoms with Crippen molar-refractivity contribution in [2.45, 2.75) is 26.2 Å². The third-order valence-electron chi connectivity index (χ3n) is 2.73. The Morgan fingerprint density at radius 1 is 1.10 bits per heavy atom. The molecule has 0 aliphatic carbocycles. The molecule has 1 heterocycles. The van der Waals surface area contributed by atoms with E-state index in [4.69, 9.17) is 16.3 Å². The molecule has 1 N–H and O–H groups in total. The lowest BCUT2D eigenvalue weighted by atomic mass is 9.96. The van der Waals surface area contributed by atoms with Gasteiger partial charge in [-0.1, -0.05) is 32.4 Å². The van der Waals surface area contributed by atoms with E-state index < -0.39 is 0 Å². The summed E-state index contributed by atoms with van der Waals surface area (Å²) in [4.78, 5) is 8.77. The molecule has 0 radical (unpaired) electrons. The number of anilines is 2. The van der Waals surface area contributed by atoms with Crippen LogP contribution in [-0.2, 0) is 5.41 Å². The molecule has 0 aliphatic heterocycles. The Labute approximate surface area is 124 Å². The molecule has 1 aromatic carbocycles. The number of hydrogen-bond donors (Lipinski definition) is 1. The highest BCUT2D eigenvalue weighted by molar-refractivity contribution is 6.29. The molecular formula is C15H18ClN3O. The summed E-state index contributed by atoms with van der Waals surface area (Å²) in [5.41, 5.74) is 0.766. The van der Waals surface area contributed by atoms with Gasteiger partial charge in [-0.15, -0.1) is 0 Å². The molecule has 0 atom stereocenters. The van der Waals surface area contributed by atoms with E-state index in [9.17, 15) is 0 Å². The largest absolute Gasteiger partial charge is 0.497 e. The second-order valence-electron chi connectivity index (χ2n) is 5.50. The van der Waals surface area contributed by atoms with Crippen LogP contribution >= 0.6 is 11.6 Å². The van der Waals surface area contributed by atoms with Gasteiger partial charge in [0.15, 0.2) is 0 Å². The smallest absolute Gasteiger partial charge is 0.137 e. The van der Waals surface area contributed by atoms with Crippen molar-refractivity contribution < 1.29 is 4.74 Å². The van der Waals surface area contributed by atoms with Gasteiger partial charge in [0, 0.05) is 17.2 Å². The van der Waals surface area contributed by atoms with Gasteiger partial charge in [-0.05, 0) is 24.3 Å². The first-order valence-corrected chi connectivity index (χ1v) is 6.72. The fourth-order valence-electron chi connectivity index (χ4n) is 1.64. The van der Waals surface area contributed by atoms with Crippen LogP contribution in [0.25, 0.3) is 0 Å². The highest BCUT2D eigenvalue weighted by atomic mass is 35.5. The molecular weight excluding hydrogens is 274 g/mol. The minimum atomic E-state index is -0.152. The fourth-order valence-corrected chi connectivity index (χ4v) is 1.82. The zero-order chi connectivity index (χ0) is 14.8. The lowest BCUT2D eigenvalue weighted by Crippen LogP contribution is -2.16. The molecule has 20 heavy (non-hydrogen) atoms. The second-order valence-corrected chi connectivity index (χ2v) is 5.89. The number of halogens is 1. The Kier molecular flexibility index (Phi) is 4.14. The van der Waals surface area contributed by atoms with Crippen LogP contribution in [-0.4, -0.2) is 17.1 Å². The van der Waals surface area contributed by atoms with Gasteiger partial charge in [0.05, 0.1) is 7.11 Å². The second kappa shape index (κ2) is 5.67. The molecule has 1 aromatic heterocycles. The van der Waals surface area contributed by atoms with E-state index in [0.717, 1.165) is 11.4 Å². The van der Waals surface area contributed by atoms with Crippen LogP contribution in [0.2, 0.25) is 5.15 Å². The van der Waals surface area contributed by atoms with E-state index in [1.807, 2.05) is 24.3 Å². The van der Waals surface area contributed by atoms with Crippen molar-refractivity contribution in [2.24, 2.45) is 0 Å². The summed E-state index contributed by atoms with van der Waals surface area (Å²) in [6, 6.07) is 9.32. The molecule has 5 heteroatoms. The van der Waals surface area contributed by atoms with Gasteiger partial charge >= 0.3 is 0 Å². The van der Waals surface area contributed by atoms with Crippen LogP contribution in [0, 0.1) is 0 Å². The molecule has 2 aromatic rings. The van der Waals surface area contributed by atoms with Crippen molar-refractivity contribution >= 4 is 23.1 Å². The van der Waals surface area contributed by atoms with Crippen LogP contribution in [0.5, 0.6) is 5.75 Å². The van der Waals surface area contributed by atoms with Gasteiger partial charge in [-0.3, -0.25) is 0 Å². The maximum absolute atomic E-state index is 6.06. The summed E-state index contributed by atoms with van der Waals surface area (Å²) in [5, 5.41) is 3.65. The van der Waals surface area contributed by atoms with Gasteiger partial charge in [0.25, 0.3) is 0 Å². The first-order chi connectivity index (χ1) is 9.38. The van der Waals surface area contributed by atoms with Crippen molar-refractivity contribution in [1.82, 2.24) is 9.97 Å². The molecule has 0 unspecified atom stereocenters. The third kappa shape index (κ3) is 3.61. The number of hydrogen-bond acceptors (Lipinski definition) is 4. The zero-order valence-corrected chi connectivity index (χ0v) is 12.8. The Morgan fingerprint density at radius 2 is 1.75 bits per heavy atom. The average Bonchev–Trinajstić information content (AvgIpc) is 2.38. The van der Waals surface area contributed by atoms with Crippen molar-refractivity contribution in [2.75, 3.05) is 12.4 Å². The van der Waals surface area contributed by atoms with E-state index in [-0.39, 0.29) is 5.41 Å². The van der Waals surface area contributed by atoms with Gasteiger partial charge in [-0.2, -0.15) is 0 Å². The quantitative estimate of drug-likeness (QED) is 0.862. The first-order valence-electron chi connectivity index (χ1n) is 6.34. The van der Waals surface area contributed by atoms with Gasteiger partial charge < -0.3 is 10.1 Å². The van der Waals surface area contributed by atoms with E-state index in [1.54, 1.807) is 13.2 Å². The van der Waals surface area contributed by atoms with E-state index in [2.05, 4.69) is 36.1 Å². The predicted molar refractivity (Wildman–Crippen MR) is 82.0 cm³/mol. The Balaban J connectivity index is 2.26. The van der Waals surface area contributed by atoms with Gasteiger partial charge in [-0.25, -0.2) is 9.97 Å². The molecule has 0 spiro atoms. The third-order valence-corrected chi connectivity index (χ3v) is 2.92. The van der Waals surface area contributed by atoms with Crippen LogP contribution in [0.3, 0.4) is 0 Å². The molecule has 0 fully saturated rings. The molecule has 4 nitrogen and oxygen atoms in total. The predicted octanol–water partition coefficient (Wildman–Crippen LogP) is 4.18. The van der Waals surface area contributed by atoms with Crippen LogP contribution in [0.15, 0.2) is 30.3 Å². The number of aromatic nitrogens is 2. The number of nitrogens with zero attached hydrogens (tertiary/aromatic N) is 2. The topological polar surface area (TPSA) is 47.0 Å². The highest BCUT2D eigenvalue weighted by Gasteiger charge is 2.18. The van der Waals surface area contributed by atoms with Crippen LogP contribution in [0.4, 0.5) is 11.5 Å². The SMILES string of the molecule is COc1ccc(Nc2cc(Cl)nc(C(C)(C)C)n2)cc1. The molecule has 0 saturated heterocycles. The monoisotopic (exact) mass is 291 g/mol. The van der Waals surface area contributed by atoms with Crippen LogP contribution in [0.1, 0.15) is 26.6 Å². The summed E-state index contributed by atoms with van der Waals surface area (Å²) in [6.45, 7) is 6.15. The molecule has 0 aliphatic rings. The summed E-state index contributed by atoms with van der Waals surface area (Å²) in [6.07, 6.45) is 0. The number of ether oxygens (including phenoxy) is 1. The minimum Gasteiger partial charge on any atom is -0.497 e. The molecule has 0 amide bonds. The zero-order valence-electron chi connectivity index (χ0n) is 12.1. The lowest BCUT2D eigenvalue weighted by Gasteiger charge is -2.17. The number of rotatable bonds is 3. The molecule has 0 saturated carbocycles. The van der Waals surface area contributed by atoms with Crippen molar-refractivity contribution in [3.8, 4) is 5.75 Å².